The number of benzene rings is 1. The molecule has 1 aromatic rings. The van der Waals surface area contributed by atoms with Crippen molar-refractivity contribution >= 4 is 5.97 Å². The summed E-state index contributed by atoms with van der Waals surface area (Å²) in [6.07, 6.45) is 11.1. The Morgan fingerprint density at radius 2 is 1.86 bits per heavy atom. The number of nitrogens with one attached hydrogen (secondary N) is 1. The van der Waals surface area contributed by atoms with Crippen LogP contribution in [-0.2, 0) is 11.2 Å². The molecule has 5 nitrogen and oxygen atoms in total. The second kappa shape index (κ2) is 8.02. The Morgan fingerprint density at radius 3 is 2.55 bits per heavy atom. The van der Waals surface area contributed by atoms with Gasteiger partial charge in [0.05, 0.1) is 19.6 Å². The summed E-state index contributed by atoms with van der Waals surface area (Å²) in [4.78, 5) is 12.3. The van der Waals surface area contributed by atoms with Crippen molar-refractivity contribution in [2.75, 3.05) is 20.8 Å². The maximum atomic E-state index is 12.3. The topological polar surface area (TPSA) is 67.8 Å². The lowest BCUT2D eigenvalue weighted by atomic mass is 9.61. The molecule has 0 aromatic heterocycles. The summed E-state index contributed by atoms with van der Waals surface area (Å²) >= 11 is 0. The zero-order chi connectivity index (χ0) is 20.5. The smallest absolute Gasteiger partial charge is 0.313 e. The van der Waals surface area contributed by atoms with Crippen LogP contribution in [0, 0.1) is 10.8 Å². The molecule has 1 aliphatic heterocycles. The first kappa shape index (κ1) is 20.3. The molecule has 1 heterocycles. The molecular formula is C24H33NO4. The molecule has 2 N–H and O–H groups in total. The quantitative estimate of drug-likeness (QED) is 0.696. The molecule has 158 valence electrons. The van der Waals surface area contributed by atoms with Crippen molar-refractivity contribution in [1.29, 1.82) is 0 Å². The number of hydrogen-bond donors (Lipinski definition) is 2. The number of carboxylic acids is 1. The molecule has 0 bridgehead atoms. The third-order valence-corrected chi connectivity index (χ3v) is 7.64. The minimum Gasteiger partial charge on any atom is -0.493 e. The molecule has 4 rings (SSSR count). The molecule has 1 saturated carbocycles. The average molecular weight is 400 g/mol. The number of ether oxygens (including phenoxy) is 2. The van der Waals surface area contributed by atoms with E-state index in [1.165, 1.54) is 11.1 Å². The van der Waals surface area contributed by atoms with Gasteiger partial charge in [-0.2, -0.15) is 0 Å². The van der Waals surface area contributed by atoms with E-state index in [9.17, 15) is 9.90 Å². The van der Waals surface area contributed by atoms with Crippen molar-refractivity contribution in [1.82, 2.24) is 5.32 Å². The first-order valence-corrected chi connectivity index (χ1v) is 10.9. The monoisotopic (exact) mass is 399 g/mol. The van der Waals surface area contributed by atoms with Crippen molar-refractivity contribution in [2.24, 2.45) is 10.8 Å². The number of carbonyl (C=O) groups is 1. The van der Waals surface area contributed by atoms with Crippen LogP contribution >= 0.6 is 0 Å². The predicted molar refractivity (Wildman–Crippen MR) is 113 cm³/mol. The Hall–Kier alpha value is -2.01. The van der Waals surface area contributed by atoms with E-state index in [4.69, 9.17) is 9.47 Å². The van der Waals surface area contributed by atoms with E-state index in [0.29, 0.717) is 0 Å². The highest BCUT2D eigenvalue weighted by Gasteiger charge is 2.49. The Balaban J connectivity index is 1.61. The lowest BCUT2D eigenvalue weighted by molar-refractivity contribution is -0.148. The lowest BCUT2D eigenvalue weighted by Crippen LogP contribution is -2.44. The third kappa shape index (κ3) is 3.54. The second-order valence-electron chi connectivity index (χ2n) is 9.05. The summed E-state index contributed by atoms with van der Waals surface area (Å²) < 4.78 is 10.9. The fourth-order valence-corrected chi connectivity index (χ4v) is 5.94. The molecular weight excluding hydrogens is 366 g/mol. The van der Waals surface area contributed by atoms with Gasteiger partial charge in [-0.15, -0.1) is 0 Å². The van der Waals surface area contributed by atoms with E-state index < -0.39 is 11.4 Å². The molecule has 1 aromatic carbocycles. The van der Waals surface area contributed by atoms with Crippen molar-refractivity contribution in [2.45, 2.75) is 63.8 Å². The molecule has 0 spiro atoms. The SMILES string of the molecule is COc1ccc(C[C@@]23CCN[C@H]2C=C(C2(C(=O)O)CCCCC2)CC3)cc1OC. The summed E-state index contributed by atoms with van der Waals surface area (Å²) in [6.45, 7) is 0.988. The highest BCUT2D eigenvalue weighted by atomic mass is 16.5. The molecule has 2 aliphatic carbocycles. The van der Waals surface area contributed by atoms with Gasteiger partial charge in [-0.1, -0.05) is 37.0 Å². The van der Waals surface area contributed by atoms with Crippen molar-refractivity contribution < 1.29 is 19.4 Å². The molecule has 0 unspecified atom stereocenters. The number of fused-ring (bicyclic) bond motifs is 1. The fourth-order valence-electron chi connectivity index (χ4n) is 5.94. The van der Waals surface area contributed by atoms with Gasteiger partial charge in [-0.25, -0.2) is 0 Å². The maximum Gasteiger partial charge on any atom is 0.313 e. The van der Waals surface area contributed by atoms with Gasteiger partial charge < -0.3 is 19.9 Å². The van der Waals surface area contributed by atoms with Crippen molar-refractivity contribution in [3.05, 3.63) is 35.4 Å². The van der Waals surface area contributed by atoms with Gasteiger partial charge >= 0.3 is 5.97 Å². The molecule has 0 amide bonds. The van der Waals surface area contributed by atoms with Gasteiger partial charge in [-0.05, 0) is 68.2 Å². The molecule has 0 radical (unpaired) electrons. The number of hydrogen-bond acceptors (Lipinski definition) is 4. The van der Waals surface area contributed by atoms with Gasteiger partial charge in [0.25, 0.3) is 0 Å². The first-order valence-electron chi connectivity index (χ1n) is 10.9. The second-order valence-corrected chi connectivity index (χ2v) is 9.05. The highest BCUT2D eigenvalue weighted by Crippen LogP contribution is 2.52. The predicted octanol–water partition coefficient (Wildman–Crippen LogP) is 4.35. The first-order chi connectivity index (χ1) is 14.0. The largest absolute Gasteiger partial charge is 0.493 e. The van der Waals surface area contributed by atoms with E-state index in [2.05, 4.69) is 23.5 Å². The van der Waals surface area contributed by atoms with Gasteiger partial charge in [0.15, 0.2) is 11.5 Å². The van der Waals surface area contributed by atoms with Crippen LogP contribution in [0.5, 0.6) is 11.5 Å². The molecule has 5 heteroatoms. The fraction of sp³-hybridized carbons (Fsp3) is 0.625. The number of methoxy groups -OCH3 is 2. The summed E-state index contributed by atoms with van der Waals surface area (Å²) in [5.74, 6) is 0.901. The van der Waals surface area contributed by atoms with Gasteiger partial charge in [0.2, 0.25) is 0 Å². The van der Waals surface area contributed by atoms with Crippen LogP contribution in [0.4, 0.5) is 0 Å². The van der Waals surface area contributed by atoms with Crippen LogP contribution in [0.25, 0.3) is 0 Å². The Morgan fingerprint density at radius 1 is 1.10 bits per heavy atom. The number of rotatable bonds is 6. The number of aliphatic carboxylic acids is 1. The summed E-state index contributed by atoms with van der Waals surface area (Å²) in [5, 5.41) is 13.8. The Labute approximate surface area is 173 Å². The molecule has 2 fully saturated rings. The maximum absolute atomic E-state index is 12.3. The van der Waals surface area contributed by atoms with Crippen molar-refractivity contribution in [3.63, 3.8) is 0 Å². The average Bonchev–Trinajstić information content (AvgIpc) is 3.16. The van der Waals surface area contributed by atoms with Crippen molar-refractivity contribution in [3.8, 4) is 11.5 Å². The van der Waals surface area contributed by atoms with Crippen LogP contribution in [0.2, 0.25) is 0 Å². The standard InChI is InChI=1S/C24H33NO4/c1-28-19-7-6-17(14-20(19)29-2)16-23-11-8-18(15-21(23)25-13-12-23)24(22(26)27)9-4-3-5-10-24/h6-7,14-15,21,25H,3-5,8-13,16H2,1-2H3,(H,26,27)/t21-,23+/m0/s1. The van der Waals surface area contributed by atoms with Crippen LogP contribution < -0.4 is 14.8 Å². The van der Waals surface area contributed by atoms with Gasteiger partial charge in [0, 0.05) is 6.04 Å². The summed E-state index contributed by atoms with van der Waals surface area (Å²) in [6, 6.07) is 6.44. The minimum absolute atomic E-state index is 0.150. The molecule has 2 atom stereocenters. The van der Waals surface area contributed by atoms with Crippen LogP contribution in [-0.4, -0.2) is 37.9 Å². The van der Waals surface area contributed by atoms with Crippen LogP contribution in [0.3, 0.4) is 0 Å². The molecule has 29 heavy (non-hydrogen) atoms. The number of carboxylic acid groups (broad SMARTS) is 1. The zero-order valence-corrected chi connectivity index (χ0v) is 17.6. The third-order valence-electron chi connectivity index (χ3n) is 7.64. The Kier molecular flexibility index (Phi) is 5.60. The van der Waals surface area contributed by atoms with E-state index >= 15 is 0 Å². The minimum atomic E-state index is -0.627. The van der Waals surface area contributed by atoms with E-state index in [1.807, 2.05) is 6.07 Å². The Bertz CT molecular complexity index is 796. The molecule has 1 saturated heterocycles. The zero-order valence-electron chi connectivity index (χ0n) is 17.6. The lowest BCUT2D eigenvalue weighted by Gasteiger charge is -2.44. The van der Waals surface area contributed by atoms with E-state index in [-0.39, 0.29) is 11.5 Å². The van der Waals surface area contributed by atoms with E-state index in [0.717, 1.165) is 75.8 Å². The summed E-state index contributed by atoms with van der Waals surface area (Å²) in [7, 11) is 3.33. The molecule has 3 aliphatic rings. The summed E-state index contributed by atoms with van der Waals surface area (Å²) in [5.41, 5.74) is 1.95. The van der Waals surface area contributed by atoms with E-state index in [1.54, 1.807) is 14.2 Å². The van der Waals surface area contributed by atoms with Gasteiger partial charge in [-0.3, -0.25) is 4.79 Å². The van der Waals surface area contributed by atoms with Crippen LogP contribution in [0.1, 0.15) is 56.9 Å². The highest BCUT2D eigenvalue weighted by molar-refractivity contribution is 5.79. The van der Waals surface area contributed by atoms with Gasteiger partial charge in [0.1, 0.15) is 0 Å². The van der Waals surface area contributed by atoms with Crippen LogP contribution in [0.15, 0.2) is 29.8 Å². The normalized spacial score (nSPS) is 28.3.